The second-order valence-corrected chi connectivity index (χ2v) is 9.92. The standard InChI is InChI=1S/C21H27N3O3S/c1-16-13-18(23-11-9-22-10-12-23)20-19(14-16)24(15-21(2,3)27-20)28(25,26)17-7-5-4-6-8-17/h4-8,13-14,22H,9-12,15H2,1-3H3. The molecular weight excluding hydrogens is 374 g/mol. The number of hydrogen-bond acceptors (Lipinski definition) is 5. The molecule has 7 heteroatoms. The molecule has 2 heterocycles. The molecule has 4 rings (SSSR count). The van der Waals surface area contributed by atoms with Crippen molar-refractivity contribution in [2.45, 2.75) is 31.3 Å². The molecule has 6 nitrogen and oxygen atoms in total. The van der Waals surface area contributed by atoms with Crippen LogP contribution in [0.1, 0.15) is 19.4 Å². The van der Waals surface area contributed by atoms with Gasteiger partial charge in [-0.15, -0.1) is 0 Å². The summed E-state index contributed by atoms with van der Waals surface area (Å²) in [6, 6.07) is 12.6. The molecule has 0 spiro atoms. The minimum Gasteiger partial charge on any atom is -0.482 e. The van der Waals surface area contributed by atoms with Crippen molar-refractivity contribution in [1.29, 1.82) is 0 Å². The lowest BCUT2D eigenvalue weighted by Gasteiger charge is -2.42. The Balaban J connectivity index is 1.87. The first-order valence-electron chi connectivity index (χ1n) is 9.65. The number of ether oxygens (including phenoxy) is 1. The molecule has 0 saturated carbocycles. The summed E-state index contributed by atoms with van der Waals surface area (Å²) in [6.45, 7) is 9.67. The summed E-state index contributed by atoms with van der Waals surface area (Å²) < 4.78 is 34.8. The first-order chi connectivity index (χ1) is 13.3. The number of anilines is 2. The van der Waals surface area contributed by atoms with E-state index in [2.05, 4.69) is 16.3 Å². The lowest BCUT2D eigenvalue weighted by atomic mass is 10.0. The van der Waals surface area contributed by atoms with E-state index in [9.17, 15) is 8.42 Å². The van der Waals surface area contributed by atoms with Crippen LogP contribution < -0.4 is 19.3 Å². The fraction of sp³-hybridized carbons (Fsp3) is 0.429. The van der Waals surface area contributed by atoms with Gasteiger partial charge in [-0.2, -0.15) is 0 Å². The van der Waals surface area contributed by atoms with Crippen LogP contribution in [0.25, 0.3) is 0 Å². The highest BCUT2D eigenvalue weighted by atomic mass is 32.2. The molecule has 2 aliphatic heterocycles. The summed E-state index contributed by atoms with van der Waals surface area (Å²) in [6.07, 6.45) is 0. The average molecular weight is 402 g/mol. The van der Waals surface area contributed by atoms with Crippen molar-refractivity contribution in [1.82, 2.24) is 5.32 Å². The van der Waals surface area contributed by atoms with Gasteiger partial charge in [0.25, 0.3) is 10.0 Å². The van der Waals surface area contributed by atoms with E-state index in [0.29, 0.717) is 16.3 Å². The molecule has 0 aliphatic carbocycles. The maximum absolute atomic E-state index is 13.5. The van der Waals surface area contributed by atoms with Crippen LogP contribution in [-0.2, 0) is 10.0 Å². The van der Waals surface area contributed by atoms with Gasteiger partial charge in [0.05, 0.1) is 22.8 Å². The molecule has 1 fully saturated rings. The number of fused-ring (bicyclic) bond motifs is 1. The number of aryl methyl sites for hydroxylation is 1. The Morgan fingerprint density at radius 1 is 1.04 bits per heavy atom. The van der Waals surface area contributed by atoms with Crippen molar-refractivity contribution in [2.75, 3.05) is 41.9 Å². The maximum Gasteiger partial charge on any atom is 0.264 e. The van der Waals surface area contributed by atoms with Gasteiger partial charge in [0, 0.05) is 26.2 Å². The number of nitrogens with one attached hydrogen (secondary N) is 1. The molecule has 0 radical (unpaired) electrons. The van der Waals surface area contributed by atoms with Crippen LogP contribution >= 0.6 is 0 Å². The SMILES string of the molecule is Cc1cc(N2CCNCC2)c2c(c1)N(S(=O)(=O)c1ccccc1)CC(C)(C)O2. The molecule has 2 aromatic rings. The predicted molar refractivity (Wildman–Crippen MR) is 112 cm³/mol. The van der Waals surface area contributed by atoms with Crippen LogP contribution in [0.2, 0.25) is 0 Å². The third-order valence-electron chi connectivity index (χ3n) is 5.15. The summed E-state index contributed by atoms with van der Waals surface area (Å²) in [5.74, 6) is 0.656. The molecule has 0 unspecified atom stereocenters. The predicted octanol–water partition coefficient (Wildman–Crippen LogP) is 2.77. The van der Waals surface area contributed by atoms with E-state index in [1.807, 2.05) is 32.9 Å². The number of rotatable bonds is 3. The molecule has 28 heavy (non-hydrogen) atoms. The second-order valence-electron chi connectivity index (χ2n) is 8.06. The zero-order valence-electron chi connectivity index (χ0n) is 16.6. The number of piperazine rings is 1. The molecule has 2 aliphatic rings. The Kier molecular flexibility index (Phi) is 4.75. The van der Waals surface area contributed by atoms with Crippen LogP contribution in [0, 0.1) is 6.92 Å². The van der Waals surface area contributed by atoms with Crippen molar-refractivity contribution in [3.05, 3.63) is 48.0 Å². The molecule has 150 valence electrons. The fourth-order valence-corrected chi connectivity index (χ4v) is 5.47. The van der Waals surface area contributed by atoms with Crippen molar-refractivity contribution in [3.8, 4) is 5.75 Å². The van der Waals surface area contributed by atoms with E-state index in [0.717, 1.165) is 37.4 Å². The third kappa shape index (κ3) is 3.44. The minimum absolute atomic E-state index is 0.266. The summed E-state index contributed by atoms with van der Waals surface area (Å²) in [4.78, 5) is 2.57. The Bertz CT molecular complexity index is 968. The zero-order chi connectivity index (χ0) is 19.9. The van der Waals surface area contributed by atoms with Gasteiger partial charge < -0.3 is 15.0 Å². The Hall–Kier alpha value is -2.25. The summed E-state index contributed by atoms with van der Waals surface area (Å²) in [7, 11) is -3.69. The molecule has 2 aromatic carbocycles. The van der Waals surface area contributed by atoms with Gasteiger partial charge in [-0.25, -0.2) is 8.42 Å². The van der Waals surface area contributed by atoms with Crippen LogP contribution in [0.15, 0.2) is 47.4 Å². The molecule has 0 amide bonds. The fourth-order valence-electron chi connectivity index (χ4n) is 3.84. The molecular formula is C21H27N3O3S. The number of benzene rings is 2. The number of nitrogens with zero attached hydrogens (tertiary/aromatic N) is 2. The first-order valence-corrected chi connectivity index (χ1v) is 11.1. The molecule has 0 aromatic heterocycles. The Labute approximate surface area is 167 Å². The summed E-state index contributed by atoms with van der Waals surface area (Å²) in [5, 5.41) is 3.36. The van der Waals surface area contributed by atoms with Crippen molar-refractivity contribution < 1.29 is 13.2 Å². The van der Waals surface area contributed by atoms with E-state index in [1.165, 1.54) is 4.31 Å². The van der Waals surface area contributed by atoms with E-state index >= 15 is 0 Å². The van der Waals surface area contributed by atoms with Crippen LogP contribution in [-0.4, -0.2) is 46.7 Å². The van der Waals surface area contributed by atoms with E-state index < -0.39 is 15.6 Å². The smallest absolute Gasteiger partial charge is 0.264 e. The zero-order valence-corrected chi connectivity index (χ0v) is 17.4. The third-order valence-corrected chi connectivity index (χ3v) is 6.93. The Morgan fingerprint density at radius 2 is 1.68 bits per heavy atom. The second kappa shape index (κ2) is 6.97. The molecule has 0 atom stereocenters. The normalized spacial score (nSPS) is 19.1. The van der Waals surface area contributed by atoms with Crippen molar-refractivity contribution >= 4 is 21.4 Å². The van der Waals surface area contributed by atoms with Gasteiger partial charge in [-0.3, -0.25) is 4.31 Å². The van der Waals surface area contributed by atoms with E-state index in [4.69, 9.17) is 4.74 Å². The molecule has 1 N–H and O–H groups in total. The van der Waals surface area contributed by atoms with E-state index in [1.54, 1.807) is 24.3 Å². The maximum atomic E-state index is 13.5. The highest BCUT2D eigenvalue weighted by Crippen LogP contribution is 2.46. The lowest BCUT2D eigenvalue weighted by molar-refractivity contribution is 0.111. The Morgan fingerprint density at radius 3 is 2.36 bits per heavy atom. The first kappa shape index (κ1) is 19.1. The summed E-state index contributed by atoms with van der Waals surface area (Å²) >= 11 is 0. The summed E-state index contributed by atoms with van der Waals surface area (Å²) in [5.41, 5.74) is 1.98. The monoisotopic (exact) mass is 401 g/mol. The average Bonchev–Trinajstić information content (AvgIpc) is 2.68. The largest absolute Gasteiger partial charge is 0.482 e. The quantitative estimate of drug-likeness (QED) is 0.857. The molecule has 0 bridgehead atoms. The van der Waals surface area contributed by atoms with Crippen LogP contribution in [0.5, 0.6) is 5.75 Å². The van der Waals surface area contributed by atoms with Crippen LogP contribution in [0.4, 0.5) is 11.4 Å². The topological polar surface area (TPSA) is 61.9 Å². The molecule has 1 saturated heterocycles. The number of sulfonamides is 1. The minimum atomic E-state index is -3.69. The highest BCUT2D eigenvalue weighted by molar-refractivity contribution is 7.92. The highest BCUT2D eigenvalue weighted by Gasteiger charge is 2.40. The number of hydrogen-bond donors (Lipinski definition) is 1. The van der Waals surface area contributed by atoms with E-state index in [-0.39, 0.29) is 6.54 Å². The van der Waals surface area contributed by atoms with Gasteiger partial charge in [-0.1, -0.05) is 18.2 Å². The van der Waals surface area contributed by atoms with Gasteiger partial charge in [-0.05, 0) is 50.6 Å². The van der Waals surface area contributed by atoms with Gasteiger partial charge in [0.2, 0.25) is 0 Å². The van der Waals surface area contributed by atoms with Crippen molar-refractivity contribution in [3.63, 3.8) is 0 Å². The lowest BCUT2D eigenvalue weighted by Crippen LogP contribution is -2.50. The van der Waals surface area contributed by atoms with Gasteiger partial charge >= 0.3 is 0 Å². The van der Waals surface area contributed by atoms with Gasteiger partial charge in [0.15, 0.2) is 5.75 Å². The van der Waals surface area contributed by atoms with Crippen molar-refractivity contribution in [2.24, 2.45) is 0 Å². The van der Waals surface area contributed by atoms with Crippen LogP contribution in [0.3, 0.4) is 0 Å². The van der Waals surface area contributed by atoms with Gasteiger partial charge in [0.1, 0.15) is 5.60 Å².